The van der Waals surface area contributed by atoms with Crippen molar-refractivity contribution >= 4 is 26.1 Å². The Hall–Kier alpha value is -1.23. The first kappa shape index (κ1) is 24.4. The smallest absolute Gasteiger partial charge is 0.200 e. The van der Waals surface area contributed by atoms with Crippen molar-refractivity contribution in [1.29, 1.82) is 0 Å². The van der Waals surface area contributed by atoms with E-state index < -0.39 is 33.5 Å². The summed E-state index contributed by atoms with van der Waals surface area (Å²) in [4.78, 5) is 0. The second-order valence-electron chi connectivity index (χ2n) is 9.52. The van der Waals surface area contributed by atoms with E-state index in [9.17, 15) is 9.67 Å². The molecular formula is C25H37O4PSi. The van der Waals surface area contributed by atoms with E-state index in [2.05, 4.69) is 41.5 Å². The van der Waals surface area contributed by atoms with E-state index in [0.29, 0.717) is 16.6 Å². The SMILES string of the molecule is CC(C)[Si](OC[C@H](O)[C@H]1O[C@@H]1P(=O)(c1ccccc1)c1ccccc1)(C(C)C)C(C)C. The number of ether oxygens (including phenoxy) is 1. The molecule has 31 heavy (non-hydrogen) atoms. The number of rotatable bonds is 10. The Labute approximate surface area is 188 Å². The van der Waals surface area contributed by atoms with Crippen molar-refractivity contribution in [2.24, 2.45) is 0 Å². The van der Waals surface area contributed by atoms with Gasteiger partial charge in [0.05, 0.1) is 6.61 Å². The van der Waals surface area contributed by atoms with Crippen LogP contribution in [0.3, 0.4) is 0 Å². The number of aliphatic hydroxyl groups is 1. The lowest BCUT2D eigenvalue weighted by atomic mass is 10.3. The lowest BCUT2D eigenvalue weighted by molar-refractivity contribution is 0.0730. The van der Waals surface area contributed by atoms with Crippen LogP contribution >= 0.6 is 7.14 Å². The number of epoxide rings is 1. The van der Waals surface area contributed by atoms with Crippen LogP contribution < -0.4 is 10.6 Å². The lowest BCUT2D eigenvalue weighted by Gasteiger charge is -2.42. The second kappa shape index (κ2) is 9.72. The summed E-state index contributed by atoms with van der Waals surface area (Å²) in [7, 11) is -5.13. The number of benzene rings is 2. The highest BCUT2D eigenvalue weighted by molar-refractivity contribution is 7.79. The maximum Gasteiger partial charge on any atom is 0.200 e. The Morgan fingerprint density at radius 2 is 1.29 bits per heavy atom. The molecule has 0 saturated carbocycles. The molecule has 2 aromatic rings. The summed E-state index contributed by atoms with van der Waals surface area (Å²) in [6.07, 6.45) is -1.28. The second-order valence-corrected chi connectivity index (χ2v) is 17.8. The average molecular weight is 461 g/mol. The van der Waals surface area contributed by atoms with Gasteiger partial charge in [0, 0.05) is 10.6 Å². The first-order chi connectivity index (χ1) is 14.7. The van der Waals surface area contributed by atoms with Gasteiger partial charge in [-0.2, -0.15) is 0 Å². The summed E-state index contributed by atoms with van der Waals surface area (Å²) in [6.45, 7) is 13.6. The van der Waals surface area contributed by atoms with Crippen molar-refractivity contribution in [2.45, 2.75) is 76.2 Å². The molecule has 1 saturated heterocycles. The quantitative estimate of drug-likeness (QED) is 0.298. The third kappa shape index (κ3) is 4.62. The topological polar surface area (TPSA) is 59.1 Å². The Morgan fingerprint density at radius 1 is 0.871 bits per heavy atom. The molecule has 0 unspecified atom stereocenters. The van der Waals surface area contributed by atoms with Crippen LogP contribution in [-0.2, 0) is 13.7 Å². The molecule has 1 N–H and O–H groups in total. The summed E-state index contributed by atoms with van der Waals surface area (Å²) < 4.78 is 26.8. The summed E-state index contributed by atoms with van der Waals surface area (Å²) >= 11 is 0. The predicted octanol–water partition coefficient (Wildman–Crippen LogP) is 5.28. The Balaban J connectivity index is 1.81. The number of aliphatic hydroxyl groups excluding tert-OH is 1. The van der Waals surface area contributed by atoms with Crippen LogP contribution in [0.1, 0.15) is 41.5 Å². The van der Waals surface area contributed by atoms with E-state index in [1.54, 1.807) is 0 Å². The van der Waals surface area contributed by atoms with Crippen LogP contribution in [0.4, 0.5) is 0 Å². The van der Waals surface area contributed by atoms with Gasteiger partial charge in [0.2, 0.25) is 0 Å². The zero-order valence-corrected chi connectivity index (χ0v) is 21.5. The summed E-state index contributed by atoms with van der Waals surface area (Å²) in [6, 6.07) is 19.0. The predicted molar refractivity (Wildman–Crippen MR) is 131 cm³/mol. The zero-order valence-electron chi connectivity index (χ0n) is 19.6. The lowest BCUT2D eigenvalue weighted by Crippen LogP contribution is -2.49. The van der Waals surface area contributed by atoms with E-state index in [4.69, 9.17) is 9.16 Å². The third-order valence-electron chi connectivity index (χ3n) is 6.73. The van der Waals surface area contributed by atoms with Gasteiger partial charge in [-0.05, 0) is 16.6 Å². The molecule has 0 radical (unpaired) electrons. The Bertz CT molecular complexity index is 820. The van der Waals surface area contributed by atoms with Crippen molar-refractivity contribution in [3.63, 3.8) is 0 Å². The minimum atomic E-state index is -3.04. The van der Waals surface area contributed by atoms with Crippen LogP contribution in [0.15, 0.2) is 60.7 Å². The molecule has 1 aliphatic rings. The van der Waals surface area contributed by atoms with Gasteiger partial charge in [-0.3, -0.25) is 0 Å². The molecule has 0 amide bonds. The molecule has 3 atom stereocenters. The van der Waals surface area contributed by atoms with Gasteiger partial charge in [-0.1, -0.05) is 102 Å². The van der Waals surface area contributed by atoms with Crippen LogP contribution in [0.2, 0.25) is 16.6 Å². The highest BCUT2D eigenvalue weighted by Gasteiger charge is 2.57. The number of hydrogen-bond donors (Lipinski definition) is 1. The number of hydrogen-bond acceptors (Lipinski definition) is 4. The molecule has 0 aliphatic carbocycles. The third-order valence-corrected chi connectivity index (χ3v) is 16.1. The monoisotopic (exact) mass is 460 g/mol. The van der Waals surface area contributed by atoms with Crippen LogP contribution in [-0.4, -0.2) is 38.1 Å². The molecule has 3 rings (SSSR count). The van der Waals surface area contributed by atoms with Crippen molar-refractivity contribution in [2.75, 3.05) is 6.61 Å². The van der Waals surface area contributed by atoms with Crippen LogP contribution in [0, 0.1) is 0 Å². The molecule has 0 spiro atoms. The fourth-order valence-corrected chi connectivity index (χ4v) is 13.8. The van der Waals surface area contributed by atoms with Gasteiger partial charge in [-0.15, -0.1) is 0 Å². The largest absolute Gasteiger partial charge is 0.413 e. The zero-order chi connectivity index (χ0) is 22.8. The molecule has 0 bridgehead atoms. The molecule has 2 aromatic carbocycles. The van der Waals surface area contributed by atoms with Crippen molar-refractivity contribution < 1.29 is 18.8 Å². The minimum absolute atomic E-state index is 0.228. The van der Waals surface area contributed by atoms with Gasteiger partial charge in [0.15, 0.2) is 15.5 Å². The molecule has 1 fully saturated rings. The molecular weight excluding hydrogens is 423 g/mol. The highest BCUT2D eigenvalue weighted by atomic mass is 31.2. The van der Waals surface area contributed by atoms with Gasteiger partial charge < -0.3 is 18.8 Å². The molecule has 0 aromatic heterocycles. The van der Waals surface area contributed by atoms with E-state index in [-0.39, 0.29) is 6.61 Å². The molecule has 1 heterocycles. The standard InChI is InChI=1S/C25H37O4PSi/c1-18(2)31(19(3)4,20(5)6)28-17-23(26)24-25(29-24)30(27,21-13-9-7-10-14-21)22-15-11-8-12-16-22/h7-16,18-20,23-26H,17H2,1-6H3/t23-,24+,25+/m0/s1. The minimum Gasteiger partial charge on any atom is -0.413 e. The van der Waals surface area contributed by atoms with Gasteiger partial charge >= 0.3 is 0 Å². The fourth-order valence-electron chi connectivity index (χ4n) is 5.26. The normalized spacial score (nSPS) is 20.5. The molecule has 1 aliphatic heterocycles. The van der Waals surface area contributed by atoms with Gasteiger partial charge in [0.25, 0.3) is 0 Å². The highest BCUT2D eigenvalue weighted by Crippen LogP contribution is 2.58. The Morgan fingerprint density at radius 3 is 1.68 bits per heavy atom. The van der Waals surface area contributed by atoms with E-state index in [1.807, 2.05) is 60.7 Å². The molecule has 4 nitrogen and oxygen atoms in total. The summed E-state index contributed by atoms with van der Waals surface area (Å²) in [5.74, 6) is -0.524. The Kier molecular flexibility index (Phi) is 7.65. The van der Waals surface area contributed by atoms with Crippen molar-refractivity contribution in [3.05, 3.63) is 60.7 Å². The van der Waals surface area contributed by atoms with Gasteiger partial charge in [-0.25, -0.2) is 0 Å². The molecule has 6 heteroatoms. The summed E-state index contributed by atoms with van der Waals surface area (Å²) in [5.41, 5.74) is 1.32. The first-order valence-corrected chi connectivity index (χ1v) is 15.3. The van der Waals surface area contributed by atoms with Crippen molar-refractivity contribution in [1.82, 2.24) is 0 Å². The van der Waals surface area contributed by atoms with E-state index >= 15 is 0 Å². The van der Waals surface area contributed by atoms with Crippen LogP contribution in [0.5, 0.6) is 0 Å². The first-order valence-electron chi connectivity index (χ1n) is 11.3. The molecule has 170 valence electrons. The fraction of sp³-hybridized carbons (Fsp3) is 0.520. The summed E-state index contributed by atoms with van der Waals surface area (Å²) in [5, 5.41) is 12.5. The maximum absolute atomic E-state index is 14.4. The van der Waals surface area contributed by atoms with E-state index in [1.165, 1.54) is 0 Å². The van der Waals surface area contributed by atoms with E-state index in [0.717, 1.165) is 10.6 Å². The average Bonchev–Trinajstić information content (AvgIpc) is 3.55. The van der Waals surface area contributed by atoms with Crippen molar-refractivity contribution in [3.8, 4) is 0 Å². The maximum atomic E-state index is 14.4. The van der Waals surface area contributed by atoms with Crippen LogP contribution in [0.25, 0.3) is 0 Å². The van der Waals surface area contributed by atoms with Gasteiger partial charge in [0.1, 0.15) is 18.1 Å².